The monoisotopic (exact) mass is 364 g/mol. The quantitative estimate of drug-likeness (QED) is 0.766. The average Bonchev–Trinajstić information content (AvgIpc) is 2.72. The minimum Gasteiger partial charge on any atom is -0.379 e. The minimum absolute atomic E-state index is 0.675. The van der Waals surface area contributed by atoms with E-state index in [2.05, 4.69) is 38.9 Å². The van der Waals surface area contributed by atoms with Crippen LogP contribution in [0.4, 0.5) is 5.95 Å². The van der Waals surface area contributed by atoms with E-state index in [-0.39, 0.29) is 0 Å². The standard InChI is InChI=1S/C22H28N4O/c1-2-3-9-20-18-21(11-10-19-7-5-4-6-8-19)25-22(24-20)23-12-13-26-14-16-27-17-15-26/h4-8,18H,2-3,9,12-17H2,1H3,(H,23,24,25). The second-order valence-electron chi connectivity index (χ2n) is 6.67. The molecule has 1 aromatic carbocycles. The van der Waals surface area contributed by atoms with Gasteiger partial charge in [-0.25, -0.2) is 9.97 Å². The molecule has 3 rings (SSSR count). The molecule has 5 nitrogen and oxygen atoms in total. The van der Waals surface area contributed by atoms with Crippen LogP contribution in [0.25, 0.3) is 0 Å². The molecule has 2 aromatic rings. The maximum atomic E-state index is 5.39. The average molecular weight is 364 g/mol. The first-order valence-corrected chi connectivity index (χ1v) is 9.82. The number of benzene rings is 1. The summed E-state index contributed by atoms with van der Waals surface area (Å²) in [6.45, 7) is 7.61. The Kier molecular flexibility index (Phi) is 7.64. The van der Waals surface area contributed by atoms with E-state index in [4.69, 9.17) is 4.74 Å². The molecule has 0 atom stereocenters. The van der Waals surface area contributed by atoms with Crippen LogP contribution in [0.15, 0.2) is 36.4 Å². The van der Waals surface area contributed by atoms with E-state index >= 15 is 0 Å². The van der Waals surface area contributed by atoms with Gasteiger partial charge in [0.1, 0.15) is 5.69 Å². The zero-order chi connectivity index (χ0) is 18.7. The second-order valence-corrected chi connectivity index (χ2v) is 6.67. The van der Waals surface area contributed by atoms with Gasteiger partial charge in [0.25, 0.3) is 0 Å². The van der Waals surface area contributed by atoms with Gasteiger partial charge in [-0.1, -0.05) is 37.5 Å². The number of nitrogens with one attached hydrogen (secondary N) is 1. The lowest BCUT2D eigenvalue weighted by Crippen LogP contribution is -2.39. The van der Waals surface area contributed by atoms with Crippen molar-refractivity contribution in [3.8, 4) is 11.8 Å². The third-order valence-electron chi connectivity index (χ3n) is 4.49. The summed E-state index contributed by atoms with van der Waals surface area (Å²) in [5, 5.41) is 3.37. The number of hydrogen-bond donors (Lipinski definition) is 1. The third-order valence-corrected chi connectivity index (χ3v) is 4.49. The molecule has 1 aliphatic rings. The van der Waals surface area contributed by atoms with Crippen molar-refractivity contribution in [1.82, 2.24) is 14.9 Å². The molecule has 1 aromatic heterocycles. The molecule has 1 aliphatic heterocycles. The molecule has 27 heavy (non-hydrogen) atoms. The summed E-state index contributed by atoms with van der Waals surface area (Å²) in [5.74, 6) is 7.05. The molecule has 1 saturated heterocycles. The zero-order valence-corrected chi connectivity index (χ0v) is 16.1. The number of aryl methyl sites for hydroxylation is 1. The summed E-state index contributed by atoms with van der Waals surface area (Å²) in [7, 11) is 0. The van der Waals surface area contributed by atoms with Crippen LogP contribution in [0.2, 0.25) is 0 Å². The summed E-state index contributed by atoms with van der Waals surface area (Å²) in [5.41, 5.74) is 2.82. The van der Waals surface area contributed by atoms with Gasteiger partial charge in [-0.3, -0.25) is 4.90 Å². The minimum atomic E-state index is 0.675. The van der Waals surface area contributed by atoms with Crippen molar-refractivity contribution >= 4 is 5.95 Å². The highest BCUT2D eigenvalue weighted by Gasteiger charge is 2.10. The fourth-order valence-electron chi connectivity index (χ4n) is 2.93. The highest BCUT2D eigenvalue weighted by atomic mass is 16.5. The summed E-state index contributed by atoms with van der Waals surface area (Å²) >= 11 is 0. The predicted molar refractivity (Wildman–Crippen MR) is 109 cm³/mol. The zero-order valence-electron chi connectivity index (χ0n) is 16.1. The normalized spacial score (nSPS) is 14.4. The molecule has 1 N–H and O–H groups in total. The van der Waals surface area contributed by atoms with Gasteiger partial charge < -0.3 is 10.1 Å². The molecular weight excluding hydrogens is 336 g/mol. The van der Waals surface area contributed by atoms with Crippen molar-refractivity contribution in [3.05, 3.63) is 53.3 Å². The molecule has 1 fully saturated rings. The van der Waals surface area contributed by atoms with Gasteiger partial charge >= 0.3 is 0 Å². The lowest BCUT2D eigenvalue weighted by molar-refractivity contribution is 0.0398. The lowest BCUT2D eigenvalue weighted by Gasteiger charge is -2.26. The summed E-state index contributed by atoms with van der Waals surface area (Å²) in [6, 6.07) is 12.0. The largest absolute Gasteiger partial charge is 0.379 e. The van der Waals surface area contributed by atoms with E-state index in [9.17, 15) is 0 Å². The number of ether oxygens (including phenoxy) is 1. The first kappa shape index (κ1) is 19.3. The number of rotatable bonds is 7. The molecule has 0 unspecified atom stereocenters. The first-order chi connectivity index (χ1) is 13.3. The van der Waals surface area contributed by atoms with Crippen LogP contribution in [0.5, 0.6) is 0 Å². The summed E-state index contributed by atoms with van der Waals surface area (Å²) in [4.78, 5) is 11.7. The van der Waals surface area contributed by atoms with Gasteiger partial charge in [0.2, 0.25) is 5.95 Å². The van der Waals surface area contributed by atoms with Gasteiger partial charge in [-0.2, -0.15) is 0 Å². The van der Waals surface area contributed by atoms with E-state index in [1.807, 2.05) is 36.4 Å². The molecular formula is C22H28N4O. The number of aromatic nitrogens is 2. The SMILES string of the molecule is CCCCc1cc(C#Cc2ccccc2)nc(NCCN2CCOCC2)n1. The molecule has 5 heteroatoms. The maximum Gasteiger partial charge on any atom is 0.224 e. The van der Waals surface area contributed by atoms with E-state index in [1.165, 1.54) is 0 Å². The lowest BCUT2D eigenvalue weighted by atomic mass is 10.2. The molecule has 0 radical (unpaired) electrons. The number of nitrogens with zero attached hydrogens (tertiary/aromatic N) is 3. The van der Waals surface area contributed by atoms with Crippen molar-refractivity contribution in [1.29, 1.82) is 0 Å². The number of morpholine rings is 1. The van der Waals surface area contributed by atoms with Crippen LogP contribution >= 0.6 is 0 Å². The Morgan fingerprint density at radius 1 is 1.11 bits per heavy atom. The Bertz CT molecular complexity index is 761. The molecule has 142 valence electrons. The van der Waals surface area contributed by atoms with Crippen LogP contribution in [0.3, 0.4) is 0 Å². The smallest absolute Gasteiger partial charge is 0.224 e. The second kappa shape index (κ2) is 10.7. The molecule has 0 spiro atoms. The Morgan fingerprint density at radius 3 is 2.70 bits per heavy atom. The Morgan fingerprint density at radius 2 is 1.93 bits per heavy atom. The van der Waals surface area contributed by atoms with Crippen molar-refractivity contribution in [2.75, 3.05) is 44.7 Å². The van der Waals surface area contributed by atoms with Crippen molar-refractivity contribution < 1.29 is 4.74 Å². The Balaban J connectivity index is 1.67. The highest BCUT2D eigenvalue weighted by Crippen LogP contribution is 2.09. The Labute approximate surface area is 162 Å². The molecule has 0 amide bonds. The number of unbranched alkanes of at least 4 members (excludes halogenated alkanes) is 1. The third kappa shape index (κ3) is 6.67. The van der Waals surface area contributed by atoms with Crippen molar-refractivity contribution in [2.45, 2.75) is 26.2 Å². The molecule has 0 aliphatic carbocycles. The van der Waals surface area contributed by atoms with Gasteiger partial charge in [0, 0.05) is 37.4 Å². The molecule has 0 bridgehead atoms. The number of hydrogen-bond acceptors (Lipinski definition) is 5. The number of anilines is 1. The van der Waals surface area contributed by atoms with Gasteiger partial charge in [0.05, 0.1) is 13.2 Å². The van der Waals surface area contributed by atoms with Crippen LogP contribution < -0.4 is 5.32 Å². The van der Waals surface area contributed by atoms with Crippen molar-refractivity contribution in [3.63, 3.8) is 0 Å². The van der Waals surface area contributed by atoms with Crippen LogP contribution in [0.1, 0.15) is 36.7 Å². The summed E-state index contributed by atoms with van der Waals surface area (Å²) in [6.07, 6.45) is 3.22. The van der Waals surface area contributed by atoms with Gasteiger partial charge in [-0.15, -0.1) is 0 Å². The fraction of sp³-hybridized carbons (Fsp3) is 0.455. The first-order valence-electron chi connectivity index (χ1n) is 9.82. The van der Waals surface area contributed by atoms with Crippen LogP contribution in [0, 0.1) is 11.8 Å². The van der Waals surface area contributed by atoms with E-state index in [0.29, 0.717) is 5.95 Å². The van der Waals surface area contributed by atoms with Crippen LogP contribution in [-0.4, -0.2) is 54.3 Å². The van der Waals surface area contributed by atoms with Gasteiger partial charge in [0.15, 0.2) is 0 Å². The van der Waals surface area contributed by atoms with E-state index in [0.717, 1.165) is 75.6 Å². The van der Waals surface area contributed by atoms with E-state index < -0.39 is 0 Å². The summed E-state index contributed by atoms with van der Waals surface area (Å²) < 4.78 is 5.39. The fourth-order valence-corrected chi connectivity index (χ4v) is 2.93. The van der Waals surface area contributed by atoms with Crippen molar-refractivity contribution in [2.24, 2.45) is 0 Å². The van der Waals surface area contributed by atoms with E-state index in [1.54, 1.807) is 0 Å². The van der Waals surface area contributed by atoms with Gasteiger partial charge in [-0.05, 0) is 37.0 Å². The topological polar surface area (TPSA) is 50.3 Å². The predicted octanol–water partition coefficient (Wildman–Crippen LogP) is 2.96. The van der Waals surface area contributed by atoms with Crippen LogP contribution in [-0.2, 0) is 11.2 Å². The molecule has 0 saturated carbocycles. The maximum absolute atomic E-state index is 5.39. The molecule has 2 heterocycles. The highest BCUT2D eigenvalue weighted by molar-refractivity contribution is 5.42. The Hall–Kier alpha value is -2.42.